The zero-order valence-corrected chi connectivity index (χ0v) is 14.3. The highest BCUT2D eigenvalue weighted by Crippen LogP contribution is 2.36. The van der Waals surface area contributed by atoms with E-state index in [4.69, 9.17) is 0 Å². The van der Waals surface area contributed by atoms with Crippen molar-refractivity contribution in [1.29, 1.82) is 0 Å². The molecule has 1 nitrogen and oxygen atoms in total. The van der Waals surface area contributed by atoms with Gasteiger partial charge < -0.3 is 4.57 Å². The fourth-order valence-corrected chi connectivity index (χ4v) is 4.17. The zero-order valence-electron chi connectivity index (χ0n) is 12.7. The second-order valence-electron chi connectivity index (χ2n) is 6.06. The minimum absolute atomic E-state index is 1.12. The normalized spacial score (nSPS) is 11.9. The first-order chi connectivity index (χ1) is 11.2. The van der Waals surface area contributed by atoms with Crippen LogP contribution in [0, 0.1) is 0 Å². The Hall–Kier alpha value is -2.32. The maximum absolute atomic E-state index is 3.57. The Morgan fingerprint density at radius 3 is 2.30 bits per heavy atom. The van der Waals surface area contributed by atoms with Crippen LogP contribution in [0.25, 0.3) is 43.4 Å². The Balaban J connectivity index is 2.06. The van der Waals surface area contributed by atoms with Crippen LogP contribution in [0.2, 0.25) is 0 Å². The third-order valence-electron chi connectivity index (χ3n) is 4.84. The van der Waals surface area contributed by atoms with Gasteiger partial charge >= 0.3 is 0 Å². The Morgan fingerprint density at radius 2 is 1.39 bits per heavy atom. The molecule has 2 heteroatoms. The first kappa shape index (κ1) is 13.1. The molecule has 0 saturated carbocycles. The van der Waals surface area contributed by atoms with Crippen LogP contribution in [0.15, 0.2) is 71.2 Å². The number of para-hydroxylation sites is 1. The summed E-state index contributed by atoms with van der Waals surface area (Å²) in [6.07, 6.45) is 0. The summed E-state index contributed by atoms with van der Waals surface area (Å²) in [5.41, 5.74) is 2.60. The number of rotatable bonds is 0. The van der Waals surface area contributed by atoms with Crippen molar-refractivity contribution in [1.82, 2.24) is 4.57 Å². The highest BCUT2D eigenvalue weighted by molar-refractivity contribution is 9.10. The molecular formula is C21H14BrN. The number of fused-ring (bicyclic) bond motifs is 7. The van der Waals surface area contributed by atoms with E-state index >= 15 is 0 Å². The molecular weight excluding hydrogens is 346 g/mol. The van der Waals surface area contributed by atoms with E-state index in [2.05, 4.69) is 94.3 Å². The lowest BCUT2D eigenvalue weighted by Crippen LogP contribution is -1.88. The van der Waals surface area contributed by atoms with E-state index in [0.29, 0.717) is 0 Å². The van der Waals surface area contributed by atoms with E-state index in [9.17, 15) is 0 Å². The van der Waals surface area contributed by atoms with Crippen molar-refractivity contribution in [2.75, 3.05) is 0 Å². The van der Waals surface area contributed by atoms with Gasteiger partial charge in [-0.15, -0.1) is 0 Å². The van der Waals surface area contributed by atoms with Gasteiger partial charge in [0.05, 0.1) is 5.52 Å². The summed E-state index contributed by atoms with van der Waals surface area (Å²) in [7, 11) is 2.16. The van der Waals surface area contributed by atoms with Gasteiger partial charge in [0.1, 0.15) is 0 Å². The number of nitrogens with zero attached hydrogens (tertiary/aromatic N) is 1. The average Bonchev–Trinajstić information content (AvgIpc) is 2.88. The highest BCUT2D eigenvalue weighted by Gasteiger charge is 2.12. The number of hydrogen-bond donors (Lipinski definition) is 0. The molecule has 5 rings (SSSR count). The highest BCUT2D eigenvalue weighted by atomic mass is 79.9. The summed E-state index contributed by atoms with van der Waals surface area (Å²) in [5, 5.41) is 7.85. The van der Waals surface area contributed by atoms with Crippen LogP contribution >= 0.6 is 15.9 Å². The van der Waals surface area contributed by atoms with Crippen LogP contribution in [0.5, 0.6) is 0 Å². The van der Waals surface area contributed by atoms with Gasteiger partial charge in [0, 0.05) is 33.2 Å². The first-order valence-electron chi connectivity index (χ1n) is 7.72. The van der Waals surface area contributed by atoms with E-state index in [1.54, 1.807) is 0 Å². The lowest BCUT2D eigenvalue weighted by molar-refractivity contribution is 1.02. The van der Waals surface area contributed by atoms with Crippen LogP contribution in [0.3, 0.4) is 0 Å². The molecule has 0 amide bonds. The van der Waals surface area contributed by atoms with Crippen molar-refractivity contribution < 1.29 is 0 Å². The van der Waals surface area contributed by atoms with Crippen LogP contribution in [-0.4, -0.2) is 4.57 Å². The molecule has 0 atom stereocenters. The van der Waals surface area contributed by atoms with Crippen molar-refractivity contribution in [3.05, 3.63) is 71.2 Å². The van der Waals surface area contributed by atoms with Crippen molar-refractivity contribution in [2.24, 2.45) is 7.05 Å². The first-order valence-corrected chi connectivity index (χ1v) is 8.51. The van der Waals surface area contributed by atoms with Gasteiger partial charge in [-0.3, -0.25) is 0 Å². The van der Waals surface area contributed by atoms with Crippen LogP contribution < -0.4 is 0 Å². The van der Waals surface area contributed by atoms with Crippen molar-refractivity contribution in [2.45, 2.75) is 0 Å². The number of aromatic nitrogens is 1. The summed E-state index contributed by atoms with van der Waals surface area (Å²) < 4.78 is 3.44. The van der Waals surface area contributed by atoms with Crippen LogP contribution in [0.4, 0.5) is 0 Å². The minimum atomic E-state index is 1.12. The quantitative estimate of drug-likeness (QED) is 0.282. The third-order valence-corrected chi connectivity index (χ3v) is 5.33. The molecule has 5 aromatic rings. The van der Waals surface area contributed by atoms with Gasteiger partial charge in [-0.25, -0.2) is 0 Å². The maximum atomic E-state index is 3.57. The molecule has 0 saturated heterocycles. The molecule has 0 fully saturated rings. The van der Waals surface area contributed by atoms with Gasteiger partial charge in [-0.05, 0) is 34.4 Å². The summed E-state index contributed by atoms with van der Waals surface area (Å²) in [6, 6.07) is 24.1. The molecule has 0 radical (unpaired) electrons. The summed E-state index contributed by atoms with van der Waals surface area (Å²) in [6.45, 7) is 0. The van der Waals surface area contributed by atoms with Crippen molar-refractivity contribution in [3.63, 3.8) is 0 Å². The van der Waals surface area contributed by atoms with E-state index < -0.39 is 0 Å². The molecule has 4 aromatic carbocycles. The molecule has 23 heavy (non-hydrogen) atoms. The summed E-state index contributed by atoms with van der Waals surface area (Å²) in [5.74, 6) is 0. The second-order valence-corrected chi connectivity index (χ2v) is 6.98. The Kier molecular flexibility index (Phi) is 2.62. The molecule has 0 spiro atoms. The number of halogens is 1. The van der Waals surface area contributed by atoms with Gasteiger partial charge in [0.25, 0.3) is 0 Å². The molecule has 0 aliphatic carbocycles. The minimum Gasteiger partial charge on any atom is -0.343 e. The summed E-state index contributed by atoms with van der Waals surface area (Å²) in [4.78, 5) is 0. The molecule has 0 bridgehead atoms. The topological polar surface area (TPSA) is 4.93 Å². The summed E-state index contributed by atoms with van der Waals surface area (Å²) >= 11 is 3.57. The van der Waals surface area contributed by atoms with Crippen molar-refractivity contribution in [3.8, 4) is 0 Å². The fraction of sp³-hybridized carbons (Fsp3) is 0.0476. The molecule has 1 aromatic heterocycles. The number of hydrogen-bond acceptors (Lipinski definition) is 0. The lowest BCUT2D eigenvalue weighted by Gasteiger charge is -2.07. The zero-order chi connectivity index (χ0) is 15.6. The third kappa shape index (κ3) is 1.73. The number of aryl methyl sites for hydroxylation is 1. The standard InChI is InChI=1S/C21H14BrN/c1-23-20-5-3-2-4-17(20)19-11-10-16-15-9-7-14(22)12-13(15)6-8-18(16)21(19)23/h2-12H,1H3. The predicted octanol–water partition coefficient (Wildman–Crippen LogP) is 6.40. The molecule has 0 unspecified atom stereocenters. The fourth-order valence-electron chi connectivity index (χ4n) is 3.79. The SMILES string of the molecule is Cn1c2ccccc2c2ccc3c4ccc(Br)cc4ccc3c21. The molecule has 0 N–H and O–H groups in total. The molecule has 1 heterocycles. The molecule has 0 aliphatic heterocycles. The Bertz CT molecular complexity index is 1230. The van der Waals surface area contributed by atoms with Crippen LogP contribution in [-0.2, 0) is 7.05 Å². The second kappa shape index (κ2) is 4.59. The average molecular weight is 360 g/mol. The molecule has 0 aliphatic rings. The van der Waals surface area contributed by atoms with E-state index in [1.165, 1.54) is 43.4 Å². The maximum Gasteiger partial charge on any atom is 0.0568 e. The smallest absolute Gasteiger partial charge is 0.0568 e. The van der Waals surface area contributed by atoms with Gasteiger partial charge in [-0.1, -0.05) is 64.5 Å². The van der Waals surface area contributed by atoms with Crippen LogP contribution in [0.1, 0.15) is 0 Å². The number of benzene rings is 4. The monoisotopic (exact) mass is 359 g/mol. The van der Waals surface area contributed by atoms with Gasteiger partial charge in [0.15, 0.2) is 0 Å². The predicted molar refractivity (Wildman–Crippen MR) is 103 cm³/mol. The van der Waals surface area contributed by atoms with Gasteiger partial charge in [-0.2, -0.15) is 0 Å². The van der Waals surface area contributed by atoms with Gasteiger partial charge in [0.2, 0.25) is 0 Å². The van der Waals surface area contributed by atoms with E-state index in [1.807, 2.05) is 0 Å². The lowest BCUT2D eigenvalue weighted by atomic mass is 9.99. The van der Waals surface area contributed by atoms with E-state index in [-0.39, 0.29) is 0 Å². The molecule has 110 valence electrons. The Labute approximate surface area is 142 Å². The largest absolute Gasteiger partial charge is 0.343 e. The Morgan fingerprint density at radius 1 is 0.696 bits per heavy atom. The van der Waals surface area contributed by atoms with E-state index in [0.717, 1.165) is 4.47 Å². The van der Waals surface area contributed by atoms with Crippen molar-refractivity contribution >= 4 is 59.3 Å².